The predicted molar refractivity (Wildman–Crippen MR) is 177 cm³/mol. The number of ether oxygens (including phenoxy) is 2. The summed E-state index contributed by atoms with van der Waals surface area (Å²) in [6, 6.07) is 2.91. The summed E-state index contributed by atoms with van der Waals surface area (Å²) in [6.07, 6.45) is 1.12. The number of carbonyl (C=O) groups is 5. The molecule has 0 saturated heterocycles. The molecule has 3 aromatic rings. The standard InChI is InChI=1S/C34H36ClN5O10/c1-3-34(48)20-9-24-31-18(12-40(24)32(46)19(20)13-50-33(34)47)30-22(8-7-17-16(2)21(35)10-23(39-31)29(17)30)38-27(43)14-49-15-37-26(42)11-36-25(41)5-4-6-28(44)45/h9-10,22,48H,3-8,11-15H2,1-2H3,(H,36,41)(H,37,42)(H,38,43)(H,44,45)/t22-,34-/m0/s1. The second-order valence-electron chi connectivity index (χ2n) is 12.6. The van der Waals surface area contributed by atoms with Crippen molar-refractivity contribution in [1.82, 2.24) is 25.5 Å². The van der Waals surface area contributed by atoms with E-state index in [4.69, 9.17) is 31.2 Å². The number of aliphatic hydroxyl groups is 1. The number of benzene rings is 1. The highest BCUT2D eigenvalue weighted by Gasteiger charge is 2.46. The lowest BCUT2D eigenvalue weighted by atomic mass is 9.81. The number of carboxylic acids is 1. The molecule has 0 unspecified atom stereocenters. The fourth-order valence-electron chi connectivity index (χ4n) is 6.94. The van der Waals surface area contributed by atoms with Crippen molar-refractivity contribution >= 4 is 52.2 Å². The maximum atomic E-state index is 13.8. The summed E-state index contributed by atoms with van der Waals surface area (Å²) in [4.78, 5) is 78.9. The third kappa shape index (κ3) is 6.32. The Bertz CT molecular complexity index is 2030. The third-order valence-electron chi connectivity index (χ3n) is 9.56. The van der Waals surface area contributed by atoms with E-state index in [1.807, 2.05) is 6.92 Å². The first-order valence-electron chi connectivity index (χ1n) is 16.3. The zero-order valence-corrected chi connectivity index (χ0v) is 28.2. The number of cyclic esters (lactones) is 1. The Morgan fingerprint density at radius 1 is 1.10 bits per heavy atom. The number of hydrogen-bond acceptors (Lipinski definition) is 10. The van der Waals surface area contributed by atoms with Gasteiger partial charge in [-0.05, 0) is 61.4 Å². The molecule has 6 rings (SSSR count). The molecule has 3 amide bonds. The van der Waals surface area contributed by atoms with Crippen LogP contribution in [-0.2, 0) is 58.6 Å². The summed E-state index contributed by atoms with van der Waals surface area (Å²) in [5.74, 6) is -3.27. The number of amides is 3. The van der Waals surface area contributed by atoms with E-state index in [-0.39, 0.29) is 69.8 Å². The number of rotatable bonds is 12. The van der Waals surface area contributed by atoms with Crippen molar-refractivity contribution in [3.05, 3.63) is 60.9 Å². The Labute approximate surface area is 290 Å². The molecule has 0 fully saturated rings. The van der Waals surface area contributed by atoms with Gasteiger partial charge < -0.3 is 40.2 Å². The van der Waals surface area contributed by atoms with E-state index in [9.17, 15) is 33.9 Å². The summed E-state index contributed by atoms with van der Waals surface area (Å²) >= 11 is 6.64. The van der Waals surface area contributed by atoms with Gasteiger partial charge >= 0.3 is 11.9 Å². The van der Waals surface area contributed by atoms with Gasteiger partial charge in [0.1, 0.15) is 19.9 Å². The number of nitrogens with one attached hydrogen (secondary N) is 3. The van der Waals surface area contributed by atoms with Crippen LogP contribution < -0.4 is 21.5 Å². The van der Waals surface area contributed by atoms with Crippen molar-refractivity contribution in [1.29, 1.82) is 0 Å². The number of hydrogen-bond donors (Lipinski definition) is 5. The van der Waals surface area contributed by atoms with Gasteiger partial charge in [-0.2, -0.15) is 0 Å². The van der Waals surface area contributed by atoms with E-state index in [1.54, 1.807) is 23.6 Å². The topological polar surface area (TPSA) is 215 Å². The molecule has 1 aliphatic carbocycles. The van der Waals surface area contributed by atoms with Gasteiger partial charge in [-0.15, -0.1) is 0 Å². The average Bonchev–Trinajstić information content (AvgIpc) is 3.45. The van der Waals surface area contributed by atoms with Crippen LogP contribution in [0.2, 0.25) is 5.02 Å². The van der Waals surface area contributed by atoms with Gasteiger partial charge in [0.15, 0.2) is 5.60 Å². The first-order chi connectivity index (χ1) is 23.8. The minimum absolute atomic E-state index is 0.00975. The fraction of sp³-hybridized carbons (Fsp3) is 0.441. The van der Waals surface area contributed by atoms with E-state index in [2.05, 4.69) is 16.0 Å². The number of carbonyl (C=O) groups excluding carboxylic acids is 4. The van der Waals surface area contributed by atoms with Crippen LogP contribution in [0.4, 0.5) is 0 Å². The molecule has 3 aliphatic rings. The minimum atomic E-state index is -1.98. The number of aryl methyl sites for hydroxylation is 1. The lowest BCUT2D eigenvalue weighted by Gasteiger charge is -2.31. The molecule has 0 spiro atoms. The van der Waals surface area contributed by atoms with Crippen molar-refractivity contribution in [2.45, 2.75) is 77.2 Å². The van der Waals surface area contributed by atoms with Crippen LogP contribution in [0.25, 0.3) is 22.3 Å². The lowest BCUT2D eigenvalue weighted by molar-refractivity contribution is -0.172. The molecule has 50 heavy (non-hydrogen) atoms. The van der Waals surface area contributed by atoms with E-state index in [0.29, 0.717) is 34.8 Å². The largest absolute Gasteiger partial charge is 0.481 e. The summed E-state index contributed by atoms with van der Waals surface area (Å²) < 4.78 is 12.1. The molecule has 4 heterocycles. The highest BCUT2D eigenvalue weighted by molar-refractivity contribution is 6.32. The first kappa shape index (κ1) is 35.0. The summed E-state index contributed by atoms with van der Waals surface area (Å²) in [5, 5.41) is 29.2. The molecule has 5 N–H and O–H groups in total. The number of aromatic nitrogens is 2. The number of fused-ring (bicyclic) bond motifs is 5. The van der Waals surface area contributed by atoms with Crippen molar-refractivity contribution in [3.63, 3.8) is 0 Å². The van der Waals surface area contributed by atoms with Crippen LogP contribution in [-0.4, -0.2) is 69.3 Å². The Hall–Kier alpha value is -4.86. The van der Waals surface area contributed by atoms with Crippen LogP contribution in [0.5, 0.6) is 0 Å². The molecule has 1 aromatic carbocycles. The predicted octanol–water partition coefficient (Wildman–Crippen LogP) is 1.61. The molecule has 2 aliphatic heterocycles. The quantitative estimate of drug-likeness (QED) is 0.0809. The molecule has 15 nitrogen and oxygen atoms in total. The zero-order chi connectivity index (χ0) is 35.9. The van der Waals surface area contributed by atoms with E-state index < -0.39 is 46.9 Å². The van der Waals surface area contributed by atoms with E-state index >= 15 is 0 Å². The SMILES string of the molecule is CC[C@@]1(O)C(=O)OCc2c1cc1n(c2=O)Cc2c-1nc1cc(Cl)c(C)c3c1c2[C@@H](NC(=O)COCNC(=O)CNC(=O)CCCC(=O)O)CC3. The Kier molecular flexibility index (Phi) is 9.66. The third-order valence-corrected chi connectivity index (χ3v) is 9.95. The molecule has 2 atom stereocenters. The Balaban J connectivity index is 1.21. The zero-order valence-electron chi connectivity index (χ0n) is 27.4. The van der Waals surface area contributed by atoms with Crippen molar-refractivity contribution < 1.29 is 43.7 Å². The van der Waals surface area contributed by atoms with Crippen LogP contribution in [0.15, 0.2) is 16.9 Å². The molecule has 16 heteroatoms. The Morgan fingerprint density at radius 3 is 2.62 bits per heavy atom. The van der Waals surface area contributed by atoms with Gasteiger partial charge in [-0.1, -0.05) is 18.5 Å². The van der Waals surface area contributed by atoms with Crippen LogP contribution in [0, 0.1) is 6.92 Å². The number of carboxylic acid groups (broad SMARTS) is 1. The van der Waals surface area contributed by atoms with Crippen LogP contribution in [0.1, 0.15) is 78.5 Å². The minimum Gasteiger partial charge on any atom is -0.481 e. The molecule has 2 aromatic heterocycles. The van der Waals surface area contributed by atoms with E-state index in [0.717, 1.165) is 27.6 Å². The number of aliphatic carboxylic acids is 1. The molecular weight excluding hydrogens is 674 g/mol. The van der Waals surface area contributed by atoms with Crippen molar-refractivity contribution in [3.8, 4) is 11.4 Å². The van der Waals surface area contributed by atoms with Crippen LogP contribution >= 0.6 is 11.6 Å². The first-order valence-corrected chi connectivity index (χ1v) is 16.7. The highest BCUT2D eigenvalue weighted by atomic mass is 35.5. The molecule has 0 radical (unpaired) electrons. The fourth-order valence-corrected chi connectivity index (χ4v) is 7.16. The van der Waals surface area contributed by atoms with Gasteiger partial charge in [-0.3, -0.25) is 24.0 Å². The molecule has 264 valence electrons. The van der Waals surface area contributed by atoms with Crippen molar-refractivity contribution in [2.75, 3.05) is 19.9 Å². The van der Waals surface area contributed by atoms with Gasteiger partial charge in [0.25, 0.3) is 5.56 Å². The van der Waals surface area contributed by atoms with Gasteiger partial charge in [0, 0.05) is 34.4 Å². The van der Waals surface area contributed by atoms with Gasteiger partial charge in [0.2, 0.25) is 17.7 Å². The second-order valence-corrected chi connectivity index (χ2v) is 13.0. The monoisotopic (exact) mass is 709 g/mol. The normalized spacial score (nSPS) is 18.5. The Morgan fingerprint density at radius 2 is 1.88 bits per heavy atom. The van der Waals surface area contributed by atoms with E-state index in [1.165, 1.54) is 0 Å². The van der Waals surface area contributed by atoms with Crippen molar-refractivity contribution in [2.24, 2.45) is 0 Å². The number of pyridine rings is 2. The highest BCUT2D eigenvalue weighted by Crippen LogP contribution is 2.46. The van der Waals surface area contributed by atoms with Crippen LogP contribution in [0.3, 0.4) is 0 Å². The molecule has 0 saturated carbocycles. The average molecular weight is 710 g/mol. The number of halogens is 1. The summed E-state index contributed by atoms with van der Waals surface area (Å²) in [7, 11) is 0. The summed E-state index contributed by atoms with van der Waals surface area (Å²) in [5.41, 5.74) is 2.97. The van der Waals surface area contributed by atoms with Gasteiger partial charge in [0.05, 0.1) is 41.6 Å². The smallest absolute Gasteiger partial charge is 0.343 e. The summed E-state index contributed by atoms with van der Waals surface area (Å²) in [6.45, 7) is 2.46. The maximum Gasteiger partial charge on any atom is 0.343 e. The second kappa shape index (κ2) is 13.8. The lowest BCUT2D eigenvalue weighted by Crippen LogP contribution is -2.44. The number of esters is 1. The maximum absolute atomic E-state index is 13.8. The van der Waals surface area contributed by atoms with Gasteiger partial charge in [-0.25, -0.2) is 9.78 Å². The molecular formula is C34H36ClN5O10. The molecule has 0 bridgehead atoms. The number of nitrogens with zero attached hydrogens (tertiary/aromatic N) is 2.